The van der Waals surface area contributed by atoms with Crippen LogP contribution in [0.1, 0.15) is 26.7 Å². The predicted octanol–water partition coefficient (Wildman–Crippen LogP) is 1.09. The fraction of sp³-hybridized carbons (Fsp3) is 1.00. The Morgan fingerprint density at radius 1 is 1.19 bits per heavy atom. The van der Waals surface area contributed by atoms with Gasteiger partial charge in [0, 0.05) is 32.8 Å². The fourth-order valence-corrected chi connectivity index (χ4v) is 2.31. The molecule has 1 N–H and O–H groups in total. The molecule has 1 rings (SSSR count). The van der Waals surface area contributed by atoms with Gasteiger partial charge in [-0.05, 0) is 12.8 Å². The molecule has 0 bridgehead atoms. The zero-order valence-electron chi connectivity index (χ0n) is 11.0. The first-order chi connectivity index (χ1) is 7.59. The largest absolute Gasteiger partial charge is 0.396 e. The molecule has 1 aliphatic rings. The van der Waals surface area contributed by atoms with Crippen molar-refractivity contribution in [2.24, 2.45) is 5.41 Å². The molecule has 1 aliphatic heterocycles. The van der Waals surface area contributed by atoms with Crippen LogP contribution in [0, 0.1) is 5.41 Å². The molecule has 16 heavy (non-hydrogen) atoms. The minimum atomic E-state index is -0.414. The highest BCUT2D eigenvalue weighted by Gasteiger charge is 2.45. The molecule has 0 unspecified atom stereocenters. The van der Waals surface area contributed by atoms with Crippen LogP contribution in [-0.2, 0) is 9.47 Å². The van der Waals surface area contributed by atoms with Crippen LogP contribution in [0.3, 0.4) is 0 Å². The summed E-state index contributed by atoms with van der Waals surface area (Å²) in [7, 11) is 3.36. The number of rotatable bonds is 7. The third kappa shape index (κ3) is 2.56. The number of ether oxygens (including phenoxy) is 2. The Balaban J connectivity index is 2.46. The van der Waals surface area contributed by atoms with Gasteiger partial charge in [0.25, 0.3) is 0 Å². The monoisotopic (exact) mass is 231 g/mol. The molecule has 0 saturated carbocycles. The second kappa shape index (κ2) is 5.45. The van der Waals surface area contributed by atoms with Crippen LogP contribution in [-0.4, -0.2) is 56.3 Å². The maximum Gasteiger partial charge on any atom is 0.193 e. The van der Waals surface area contributed by atoms with Crippen LogP contribution in [0.5, 0.6) is 0 Å². The number of aliphatic hydroxyl groups is 1. The minimum Gasteiger partial charge on any atom is -0.396 e. The SMILES string of the molecule is CCC(CC)(CO)CN1CC(OC)(OC)C1. The van der Waals surface area contributed by atoms with Crippen molar-refractivity contribution >= 4 is 0 Å². The molecule has 1 heterocycles. The first kappa shape index (κ1) is 13.9. The predicted molar refractivity (Wildman–Crippen MR) is 63.3 cm³/mol. The Morgan fingerprint density at radius 2 is 1.69 bits per heavy atom. The Hall–Kier alpha value is -0.160. The van der Waals surface area contributed by atoms with Crippen molar-refractivity contribution in [3.63, 3.8) is 0 Å². The third-order valence-corrected chi connectivity index (χ3v) is 4.07. The van der Waals surface area contributed by atoms with Crippen molar-refractivity contribution in [1.29, 1.82) is 0 Å². The standard InChI is InChI=1S/C12H25NO3/c1-5-11(6-2,10-14)7-13-8-12(9-13,15-3)16-4/h14H,5-10H2,1-4H3. The molecule has 0 aromatic heterocycles. The molecule has 0 spiro atoms. The zero-order chi connectivity index (χ0) is 12.2. The molecule has 0 aliphatic carbocycles. The lowest BCUT2D eigenvalue weighted by atomic mass is 9.81. The molecule has 96 valence electrons. The normalized spacial score (nSPS) is 20.8. The molecule has 1 fully saturated rings. The molecule has 1 saturated heterocycles. The highest BCUT2D eigenvalue weighted by molar-refractivity contribution is 4.93. The van der Waals surface area contributed by atoms with Gasteiger partial charge in [-0.3, -0.25) is 4.90 Å². The highest BCUT2D eigenvalue weighted by Crippen LogP contribution is 2.32. The van der Waals surface area contributed by atoms with E-state index in [-0.39, 0.29) is 12.0 Å². The van der Waals surface area contributed by atoms with Crippen molar-refractivity contribution in [3.8, 4) is 0 Å². The van der Waals surface area contributed by atoms with E-state index >= 15 is 0 Å². The van der Waals surface area contributed by atoms with Crippen LogP contribution in [0.15, 0.2) is 0 Å². The molecule has 0 aromatic rings. The maximum atomic E-state index is 9.50. The molecule has 0 amide bonds. The maximum absolute atomic E-state index is 9.50. The summed E-state index contributed by atoms with van der Waals surface area (Å²) in [6, 6.07) is 0. The molecule has 4 nitrogen and oxygen atoms in total. The lowest BCUT2D eigenvalue weighted by Crippen LogP contribution is -2.65. The summed E-state index contributed by atoms with van der Waals surface area (Å²) in [5.41, 5.74) is 0.0354. The lowest BCUT2D eigenvalue weighted by molar-refractivity contribution is -0.279. The quantitative estimate of drug-likeness (QED) is 0.666. The topological polar surface area (TPSA) is 41.9 Å². The van der Waals surface area contributed by atoms with E-state index in [4.69, 9.17) is 9.47 Å². The van der Waals surface area contributed by atoms with Crippen LogP contribution in [0.4, 0.5) is 0 Å². The summed E-state index contributed by atoms with van der Waals surface area (Å²) in [5, 5.41) is 9.50. The van der Waals surface area contributed by atoms with Crippen molar-refractivity contribution in [3.05, 3.63) is 0 Å². The second-order valence-electron chi connectivity index (χ2n) is 4.83. The van der Waals surface area contributed by atoms with Crippen molar-refractivity contribution in [2.75, 3.05) is 40.5 Å². The van der Waals surface area contributed by atoms with Gasteiger partial charge in [0.2, 0.25) is 0 Å². The Labute approximate surface area is 98.5 Å². The van der Waals surface area contributed by atoms with Gasteiger partial charge in [-0.2, -0.15) is 0 Å². The molecule has 0 radical (unpaired) electrons. The van der Waals surface area contributed by atoms with Crippen LogP contribution in [0.25, 0.3) is 0 Å². The van der Waals surface area contributed by atoms with Crippen LogP contribution in [0.2, 0.25) is 0 Å². The summed E-state index contributed by atoms with van der Waals surface area (Å²) < 4.78 is 10.7. The van der Waals surface area contributed by atoms with Gasteiger partial charge in [-0.1, -0.05) is 13.8 Å². The van der Waals surface area contributed by atoms with E-state index in [0.717, 1.165) is 32.5 Å². The molecule has 0 atom stereocenters. The summed E-state index contributed by atoms with van der Waals surface area (Å²) in [6.45, 7) is 7.04. The summed E-state index contributed by atoms with van der Waals surface area (Å²) >= 11 is 0. The smallest absolute Gasteiger partial charge is 0.193 e. The summed E-state index contributed by atoms with van der Waals surface area (Å²) in [4.78, 5) is 2.29. The zero-order valence-corrected chi connectivity index (χ0v) is 11.0. The van der Waals surface area contributed by atoms with E-state index in [1.54, 1.807) is 14.2 Å². The average molecular weight is 231 g/mol. The molecule has 4 heteroatoms. The van der Waals surface area contributed by atoms with Gasteiger partial charge in [-0.15, -0.1) is 0 Å². The van der Waals surface area contributed by atoms with E-state index in [1.807, 2.05) is 0 Å². The average Bonchev–Trinajstić information content (AvgIpc) is 2.29. The Kier molecular flexibility index (Phi) is 4.73. The number of likely N-dealkylation sites (tertiary alicyclic amines) is 1. The number of hydrogen-bond donors (Lipinski definition) is 1. The van der Waals surface area contributed by atoms with Gasteiger partial charge in [0.05, 0.1) is 13.1 Å². The van der Waals surface area contributed by atoms with Crippen molar-refractivity contribution in [1.82, 2.24) is 4.90 Å². The number of hydrogen-bond acceptors (Lipinski definition) is 4. The molecular weight excluding hydrogens is 206 g/mol. The lowest BCUT2D eigenvalue weighted by Gasteiger charge is -2.50. The molecule has 0 aromatic carbocycles. The van der Waals surface area contributed by atoms with E-state index in [9.17, 15) is 5.11 Å². The Bertz CT molecular complexity index is 196. The first-order valence-corrected chi connectivity index (χ1v) is 6.03. The van der Waals surface area contributed by atoms with E-state index in [0.29, 0.717) is 0 Å². The van der Waals surface area contributed by atoms with Gasteiger partial charge < -0.3 is 14.6 Å². The van der Waals surface area contributed by atoms with Crippen molar-refractivity contribution < 1.29 is 14.6 Å². The molecular formula is C12H25NO3. The number of methoxy groups -OCH3 is 2. The van der Waals surface area contributed by atoms with Crippen LogP contribution < -0.4 is 0 Å². The highest BCUT2D eigenvalue weighted by atomic mass is 16.7. The number of aliphatic hydroxyl groups excluding tert-OH is 1. The summed E-state index contributed by atoms with van der Waals surface area (Å²) in [5.74, 6) is -0.414. The second-order valence-corrected chi connectivity index (χ2v) is 4.83. The van der Waals surface area contributed by atoms with E-state index < -0.39 is 5.79 Å². The van der Waals surface area contributed by atoms with Gasteiger partial charge in [-0.25, -0.2) is 0 Å². The third-order valence-electron chi connectivity index (χ3n) is 4.07. The van der Waals surface area contributed by atoms with Crippen LogP contribution >= 0.6 is 0 Å². The van der Waals surface area contributed by atoms with Gasteiger partial charge in [0.1, 0.15) is 0 Å². The Morgan fingerprint density at radius 3 is 2.00 bits per heavy atom. The van der Waals surface area contributed by atoms with E-state index in [1.165, 1.54) is 0 Å². The first-order valence-electron chi connectivity index (χ1n) is 6.03. The van der Waals surface area contributed by atoms with E-state index in [2.05, 4.69) is 18.7 Å². The van der Waals surface area contributed by atoms with Gasteiger partial charge in [0.15, 0.2) is 5.79 Å². The number of nitrogens with zero attached hydrogens (tertiary/aromatic N) is 1. The van der Waals surface area contributed by atoms with Gasteiger partial charge >= 0.3 is 0 Å². The van der Waals surface area contributed by atoms with Crippen molar-refractivity contribution in [2.45, 2.75) is 32.5 Å². The minimum absolute atomic E-state index is 0.0354. The fourth-order valence-electron chi connectivity index (χ4n) is 2.31. The summed E-state index contributed by atoms with van der Waals surface area (Å²) in [6.07, 6.45) is 2.01.